The standard InChI is InChI=1S/C13H15N3O3/c1-7-12(14)13(19-16-7)9-4-5-11(18-3)10(6-9)15-8(2)17/h4-6H,14H2,1-3H3,(H,15,17). The van der Waals surface area contributed by atoms with Gasteiger partial charge in [-0.25, -0.2) is 0 Å². The van der Waals surface area contributed by atoms with Crippen LogP contribution in [0, 0.1) is 6.92 Å². The van der Waals surface area contributed by atoms with Crippen LogP contribution >= 0.6 is 0 Å². The van der Waals surface area contributed by atoms with E-state index in [4.69, 9.17) is 15.0 Å². The molecule has 0 aliphatic heterocycles. The number of rotatable bonds is 3. The van der Waals surface area contributed by atoms with E-state index < -0.39 is 0 Å². The summed E-state index contributed by atoms with van der Waals surface area (Å²) in [7, 11) is 1.53. The van der Waals surface area contributed by atoms with Crippen molar-refractivity contribution in [3.8, 4) is 17.1 Å². The predicted molar refractivity (Wildman–Crippen MR) is 71.9 cm³/mol. The van der Waals surface area contributed by atoms with Crippen molar-refractivity contribution in [1.29, 1.82) is 0 Å². The number of ether oxygens (including phenoxy) is 1. The van der Waals surface area contributed by atoms with Gasteiger partial charge in [-0.3, -0.25) is 4.79 Å². The molecule has 0 radical (unpaired) electrons. The minimum atomic E-state index is -0.183. The van der Waals surface area contributed by atoms with E-state index in [9.17, 15) is 4.79 Å². The second-order valence-corrected chi connectivity index (χ2v) is 4.11. The largest absolute Gasteiger partial charge is 0.495 e. The zero-order chi connectivity index (χ0) is 14.0. The van der Waals surface area contributed by atoms with Crippen LogP contribution in [-0.2, 0) is 4.79 Å². The maximum atomic E-state index is 11.2. The normalized spacial score (nSPS) is 10.3. The molecule has 0 fully saturated rings. The number of hydrogen-bond donors (Lipinski definition) is 2. The SMILES string of the molecule is COc1ccc(-c2onc(C)c2N)cc1NC(C)=O. The topological polar surface area (TPSA) is 90.4 Å². The molecular formula is C13H15N3O3. The Bertz CT molecular complexity index is 620. The highest BCUT2D eigenvalue weighted by molar-refractivity contribution is 5.91. The average Bonchev–Trinajstić information content (AvgIpc) is 2.69. The van der Waals surface area contributed by atoms with Gasteiger partial charge < -0.3 is 20.3 Å². The van der Waals surface area contributed by atoms with Crippen LogP contribution in [0.15, 0.2) is 22.7 Å². The van der Waals surface area contributed by atoms with Crippen LogP contribution in [0.2, 0.25) is 0 Å². The highest BCUT2D eigenvalue weighted by Gasteiger charge is 2.14. The van der Waals surface area contributed by atoms with Crippen LogP contribution in [0.5, 0.6) is 5.75 Å². The molecule has 6 nitrogen and oxygen atoms in total. The number of anilines is 2. The van der Waals surface area contributed by atoms with E-state index in [1.165, 1.54) is 14.0 Å². The summed E-state index contributed by atoms with van der Waals surface area (Å²) < 4.78 is 10.4. The molecule has 1 aromatic heterocycles. The lowest BCUT2D eigenvalue weighted by atomic mass is 10.1. The number of benzene rings is 1. The van der Waals surface area contributed by atoms with Crippen LogP contribution in [-0.4, -0.2) is 18.2 Å². The first-order valence-electron chi connectivity index (χ1n) is 5.70. The quantitative estimate of drug-likeness (QED) is 0.883. The predicted octanol–water partition coefficient (Wildman–Crippen LogP) is 2.20. The van der Waals surface area contributed by atoms with Crippen molar-refractivity contribution in [2.75, 3.05) is 18.2 Å². The minimum Gasteiger partial charge on any atom is -0.495 e. The Morgan fingerprint density at radius 1 is 1.47 bits per heavy atom. The number of aromatic nitrogens is 1. The average molecular weight is 261 g/mol. The molecule has 1 aromatic carbocycles. The fourth-order valence-corrected chi connectivity index (χ4v) is 1.72. The van der Waals surface area contributed by atoms with Gasteiger partial charge in [-0.15, -0.1) is 0 Å². The van der Waals surface area contributed by atoms with Crippen molar-refractivity contribution in [2.24, 2.45) is 0 Å². The first kappa shape index (κ1) is 12.9. The molecule has 0 atom stereocenters. The summed E-state index contributed by atoms with van der Waals surface area (Å²) in [5.41, 5.74) is 8.28. The van der Waals surface area contributed by atoms with Gasteiger partial charge in [-0.1, -0.05) is 5.16 Å². The van der Waals surface area contributed by atoms with E-state index in [2.05, 4.69) is 10.5 Å². The molecular weight excluding hydrogens is 246 g/mol. The molecule has 2 aromatic rings. The molecule has 0 saturated heterocycles. The zero-order valence-corrected chi connectivity index (χ0v) is 11.0. The number of nitrogen functional groups attached to an aromatic ring is 1. The molecule has 6 heteroatoms. The van der Waals surface area contributed by atoms with Gasteiger partial charge in [0.2, 0.25) is 5.91 Å². The second kappa shape index (κ2) is 5.01. The van der Waals surface area contributed by atoms with Gasteiger partial charge in [-0.05, 0) is 25.1 Å². The number of nitrogens with two attached hydrogens (primary N) is 1. The number of hydrogen-bond acceptors (Lipinski definition) is 5. The Morgan fingerprint density at radius 2 is 2.21 bits per heavy atom. The second-order valence-electron chi connectivity index (χ2n) is 4.11. The van der Waals surface area contributed by atoms with E-state index >= 15 is 0 Å². The van der Waals surface area contributed by atoms with Gasteiger partial charge in [0.15, 0.2) is 5.76 Å². The van der Waals surface area contributed by atoms with Crippen molar-refractivity contribution in [3.05, 3.63) is 23.9 Å². The molecule has 0 spiro atoms. The summed E-state index contributed by atoms with van der Waals surface area (Å²) >= 11 is 0. The molecule has 2 rings (SSSR count). The molecule has 1 amide bonds. The maximum absolute atomic E-state index is 11.2. The molecule has 0 saturated carbocycles. The summed E-state index contributed by atoms with van der Waals surface area (Å²) in [5.74, 6) is 0.859. The van der Waals surface area contributed by atoms with Crippen LogP contribution in [0.4, 0.5) is 11.4 Å². The van der Waals surface area contributed by atoms with E-state index in [1.807, 2.05) is 0 Å². The van der Waals surface area contributed by atoms with Crippen molar-refractivity contribution in [2.45, 2.75) is 13.8 Å². The van der Waals surface area contributed by atoms with Crippen molar-refractivity contribution >= 4 is 17.3 Å². The van der Waals surface area contributed by atoms with E-state index in [1.54, 1.807) is 25.1 Å². The van der Waals surface area contributed by atoms with Gasteiger partial charge in [0.05, 0.1) is 12.8 Å². The Morgan fingerprint density at radius 3 is 2.74 bits per heavy atom. The molecule has 3 N–H and O–H groups in total. The molecule has 0 aliphatic carbocycles. The number of methoxy groups -OCH3 is 1. The summed E-state index contributed by atoms with van der Waals surface area (Å²) in [6, 6.07) is 5.26. The molecule has 0 aliphatic rings. The monoisotopic (exact) mass is 261 g/mol. The first-order chi connectivity index (χ1) is 9.02. The fraction of sp³-hybridized carbons (Fsp3) is 0.231. The third kappa shape index (κ3) is 2.52. The van der Waals surface area contributed by atoms with Crippen LogP contribution in [0.3, 0.4) is 0 Å². The van der Waals surface area contributed by atoms with E-state index in [0.717, 1.165) is 5.56 Å². The van der Waals surface area contributed by atoms with Gasteiger partial charge >= 0.3 is 0 Å². The summed E-state index contributed by atoms with van der Waals surface area (Å²) in [4.78, 5) is 11.2. The summed E-state index contributed by atoms with van der Waals surface area (Å²) in [5, 5.41) is 6.50. The number of carbonyl (C=O) groups is 1. The minimum absolute atomic E-state index is 0.183. The van der Waals surface area contributed by atoms with Crippen LogP contribution < -0.4 is 15.8 Å². The summed E-state index contributed by atoms with van der Waals surface area (Å²) in [6.45, 7) is 3.19. The van der Waals surface area contributed by atoms with Gasteiger partial charge in [0.25, 0.3) is 0 Å². The maximum Gasteiger partial charge on any atom is 0.221 e. The molecule has 0 unspecified atom stereocenters. The Balaban J connectivity index is 2.48. The molecule has 1 heterocycles. The van der Waals surface area contributed by atoms with Crippen molar-refractivity contribution in [3.63, 3.8) is 0 Å². The molecule has 0 bridgehead atoms. The van der Waals surface area contributed by atoms with Crippen molar-refractivity contribution < 1.29 is 14.1 Å². The zero-order valence-electron chi connectivity index (χ0n) is 11.0. The van der Waals surface area contributed by atoms with Gasteiger partial charge in [0, 0.05) is 12.5 Å². The van der Waals surface area contributed by atoms with E-state index in [0.29, 0.717) is 28.6 Å². The Hall–Kier alpha value is -2.50. The number of amides is 1. The Kier molecular flexibility index (Phi) is 3.41. The number of carbonyl (C=O) groups excluding carboxylic acids is 1. The van der Waals surface area contributed by atoms with Crippen LogP contribution in [0.25, 0.3) is 11.3 Å². The molecule has 100 valence electrons. The Labute approximate surface area is 110 Å². The number of nitrogens with one attached hydrogen (secondary N) is 1. The highest BCUT2D eigenvalue weighted by Crippen LogP contribution is 2.34. The molecule has 19 heavy (non-hydrogen) atoms. The third-order valence-corrected chi connectivity index (χ3v) is 2.68. The highest BCUT2D eigenvalue weighted by atomic mass is 16.5. The third-order valence-electron chi connectivity index (χ3n) is 2.68. The smallest absolute Gasteiger partial charge is 0.221 e. The lowest BCUT2D eigenvalue weighted by Gasteiger charge is -2.10. The number of nitrogens with zero attached hydrogens (tertiary/aromatic N) is 1. The van der Waals surface area contributed by atoms with Gasteiger partial charge in [0.1, 0.15) is 17.1 Å². The van der Waals surface area contributed by atoms with Gasteiger partial charge in [-0.2, -0.15) is 0 Å². The van der Waals surface area contributed by atoms with Crippen LogP contribution in [0.1, 0.15) is 12.6 Å². The first-order valence-corrected chi connectivity index (χ1v) is 5.70. The summed E-state index contributed by atoms with van der Waals surface area (Å²) in [6.07, 6.45) is 0. The fourth-order valence-electron chi connectivity index (χ4n) is 1.72. The lowest BCUT2D eigenvalue weighted by molar-refractivity contribution is -0.114. The van der Waals surface area contributed by atoms with Crippen molar-refractivity contribution in [1.82, 2.24) is 5.16 Å². The van der Waals surface area contributed by atoms with E-state index in [-0.39, 0.29) is 5.91 Å². The number of aryl methyl sites for hydroxylation is 1. The lowest BCUT2D eigenvalue weighted by Crippen LogP contribution is -2.07.